The Kier molecular flexibility index (Phi) is 6.07. The predicted molar refractivity (Wildman–Crippen MR) is 80.8 cm³/mol. The summed E-state index contributed by atoms with van der Waals surface area (Å²) in [6.45, 7) is -0.389. The highest BCUT2D eigenvalue weighted by Crippen LogP contribution is 2.34. The summed E-state index contributed by atoms with van der Waals surface area (Å²) in [5.41, 5.74) is -0.0620. The van der Waals surface area contributed by atoms with Gasteiger partial charge in [-0.15, -0.1) is 0 Å². The van der Waals surface area contributed by atoms with Gasteiger partial charge in [-0.3, -0.25) is 0 Å². The van der Waals surface area contributed by atoms with Crippen LogP contribution in [0.25, 0.3) is 0 Å². The number of methoxy groups -OCH3 is 1. The van der Waals surface area contributed by atoms with E-state index in [1.165, 1.54) is 19.2 Å². The van der Waals surface area contributed by atoms with Gasteiger partial charge in [0.25, 0.3) is 0 Å². The molecule has 1 aliphatic rings. The maximum Gasteiger partial charge on any atom is 0.343 e. The molecular formula is C14H16Cl2O7. The molecule has 7 nitrogen and oxygen atoms in total. The second-order valence-electron chi connectivity index (χ2n) is 4.96. The molecule has 0 aliphatic carbocycles. The number of aliphatic hydroxyl groups excluding tert-OH is 3. The minimum Gasteiger partial charge on any atom is -0.494 e. The molecule has 1 aliphatic heterocycles. The SMILES string of the molecule is COc1c(Cl)ccc(Cl)c1C(=O)OCC1OC(O)CC(O)C1O. The van der Waals surface area contributed by atoms with E-state index in [-0.39, 0.29) is 34.4 Å². The van der Waals surface area contributed by atoms with Gasteiger partial charge in [0.05, 0.1) is 23.3 Å². The van der Waals surface area contributed by atoms with Crippen LogP contribution in [0.4, 0.5) is 0 Å². The molecule has 0 aromatic heterocycles. The summed E-state index contributed by atoms with van der Waals surface area (Å²) in [4.78, 5) is 12.2. The fraction of sp³-hybridized carbons (Fsp3) is 0.500. The zero-order chi connectivity index (χ0) is 17.1. The van der Waals surface area contributed by atoms with Crippen LogP contribution < -0.4 is 4.74 Å². The lowest BCUT2D eigenvalue weighted by molar-refractivity contribution is -0.239. The molecule has 128 valence electrons. The minimum atomic E-state index is -1.29. The summed E-state index contributed by atoms with van der Waals surface area (Å²) in [7, 11) is 1.33. The highest BCUT2D eigenvalue weighted by atomic mass is 35.5. The molecule has 0 spiro atoms. The number of hydrogen-bond acceptors (Lipinski definition) is 7. The van der Waals surface area contributed by atoms with Crippen LogP contribution in [-0.2, 0) is 9.47 Å². The predicted octanol–water partition coefficient (Wildman–Crippen LogP) is 0.988. The summed E-state index contributed by atoms with van der Waals surface area (Å²) >= 11 is 11.9. The van der Waals surface area contributed by atoms with E-state index in [1.54, 1.807) is 0 Å². The Balaban J connectivity index is 2.10. The molecule has 0 bridgehead atoms. The van der Waals surface area contributed by atoms with Crippen molar-refractivity contribution in [1.82, 2.24) is 0 Å². The first-order valence-corrected chi connectivity index (χ1v) is 7.49. The molecule has 4 unspecified atom stereocenters. The maximum atomic E-state index is 12.2. The Bertz CT molecular complexity index is 580. The van der Waals surface area contributed by atoms with Crippen molar-refractivity contribution >= 4 is 29.2 Å². The number of carbonyl (C=O) groups is 1. The molecule has 4 atom stereocenters. The van der Waals surface area contributed by atoms with Crippen molar-refractivity contribution in [2.75, 3.05) is 13.7 Å². The van der Waals surface area contributed by atoms with Crippen molar-refractivity contribution in [3.8, 4) is 5.75 Å². The molecule has 0 amide bonds. The third-order valence-electron chi connectivity index (χ3n) is 3.40. The van der Waals surface area contributed by atoms with Gasteiger partial charge in [-0.05, 0) is 12.1 Å². The normalized spacial score (nSPS) is 27.6. The zero-order valence-corrected chi connectivity index (χ0v) is 13.6. The first-order valence-electron chi connectivity index (χ1n) is 6.74. The molecule has 1 aromatic rings. The molecule has 1 aromatic carbocycles. The summed E-state index contributed by atoms with van der Waals surface area (Å²) in [6, 6.07) is 2.89. The molecule has 9 heteroatoms. The number of halogens is 2. The maximum absolute atomic E-state index is 12.2. The van der Waals surface area contributed by atoms with Crippen molar-refractivity contribution < 1.29 is 34.3 Å². The largest absolute Gasteiger partial charge is 0.494 e. The third-order valence-corrected chi connectivity index (χ3v) is 4.01. The van der Waals surface area contributed by atoms with E-state index in [0.29, 0.717) is 0 Å². The molecule has 23 heavy (non-hydrogen) atoms. The number of hydrogen-bond donors (Lipinski definition) is 3. The van der Waals surface area contributed by atoms with Crippen LogP contribution in [0.15, 0.2) is 12.1 Å². The Morgan fingerprint density at radius 3 is 2.61 bits per heavy atom. The standard InChI is InChI=1S/C14H16Cl2O7/c1-21-13-7(16)3-2-6(15)11(13)14(20)22-5-9-12(19)8(17)4-10(18)23-9/h2-3,8-10,12,17-19H,4-5H2,1H3. The van der Waals surface area contributed by atoms with Crippen LogP contribution in [-0.4, -0.2) is 59.6 Å². The zero-order valence-electron chi connectivity index (χ0n) is 12.1. The van der Waals surface area contributed by atoms with Crippen LogP contribution >= 0.6 is 23.2 Å². The van der Waals surface area contributed by atoms with Crippen LogP contribution in [0.5, 0.6) is 5.75 Å². The number of benzene rings is 1. The van der Waals surface area contributed by atoms with Crippen molar-refractivity contribution in [1.29, 1.82) is 0 Å². The average Bonchev–Trinajstić information content (AvgIpc) is 2.50. The number of aliphatic hydroxyl groups is 3. The lowest BCUT2D eigenvalue weighted by Gasteiger charge is -2.34. The van der Waals surface area contributed by atoms with Crippen LogP contribution in [0, 0.1) is 0 Å². The van der Waals surface area contributed by atoms with Gasteiger partial charge in [-0.25, -0.2) is 4.79 Å². The van der Waals surface area contributed by atoms with Gasteiger partial charge in [-0.2, -0.15) is 0 Å². The van der Waals surface area contributed by atoms with Crippen LogP contribution in [0.1, 0.15) is 16.8 Å². The minimum absolute atomic E-state index is 0.0620. The summed E-state index contributed by atoms with van der Waals surface area (Å²) < 4.78 is 15.1. The Hall–Kier alpha value is -1.09. The van der Waals surface area contributed by atoms with E-state index in [2.05, 4.69) is 0 Å². The third kappa shape index (κ3) is 4.06. The second-order valence-corrected chi connectivity index (χ2v) is 5.77. The first kappa shape index (κ1) is 18.3. The van der Waals surface area contributed by atoms with Gasteiger partial charge in [0.2, 0.25) is 0 Å². The summed E-state index contributed by atoms with van der Waals surface area (Å²) in [6.07, 6.45) is -4.91. The van der Waals surface area contributed by atoms with E-state index in [0.717, 1.165) is 0 Å². The van der Waals surface area contributed by atoms with E-state index in [1.807, 2.05) is 0 Å². The lowest BCUT2D eigenvalue weighted by atomic mass is 10.0. The van der Waals surface area contributed by atoms with E-state index in [4.69, 9.17) is 37.4 Å². The van der Waals surface area contributed by atoms with Gasteiger partial charge >= 0.3 is 5.97 Å². The van der Waals surface area contributed by atoms with Crippen LogP contribution in [0.3, 0.4) is 0 Å². The average molecular weight is 367 g/mol. The summed E-state index contributed by atoms with van der Waals surface area (Å²) in [5, 5.41) is 29.1. The number of ether oxygens (including phenoxy) is 3. The van der Waals surface area contributed by atoms with Crippen molar-refractivity contribution in [2.45, 2.75) is 31.0 Å². The van der Waals surface area contributed by atoms with Gasteiger partial charge in [0, 0.05) is 6.42 Å². The molecule has 2 rings (SSSR count). The highest BCUT2D eigenvalue weighted by Gasteiger charge is 2.37. The molecule has 0 radical (unpaired) electrons. The lowest BCUT2D eigenvalue weighted by Crippen LogP contribution is -2.50. The molecule has 1 fully saturated rings. The summed E-state index contributed by atoms with van der Waals surface area (Å²) in [5.74, 6) is -0.769. The quantitative estimate of drug-likeness (QED) is 0.682. The van der Waals surface area contributed by atoms with Gasteiger partial charge in [0.1, 0.15) is 24.4 Å². The second kappa shape index (κ2) is 7.65. The van der Waals surface area contributed by atoms with Crippen molar-refractivity contribution in [3.63, 3.8) is 0 Å². The first-order chi connectivity index (χ1) is 10.8. The topological polar surface area (TPSA) is 105 Å². The molecule has 1 saturated heterocycles. The Morgan fingerprint density at radius 1 is 1.30 bits per heavy atom. The monoisotopic (exact) mass is 366 g/mol. The molecule has 3 N–H and O–H groups in total. The van der Waals surface area contributed by atoms with Crippen LogP contribution in [0.2, 0.25) is 10.0 Å². The fourth-order valence-electron chi connectivity index (χ4n) is 2.22. The van der Waals surface area contributed by atoms with E-state index in [9.17, 15) is 20.1 Å². The van der Waals surface area contributed by atoms with Gasteiger partial charge in [-0.1, -0.05) is 23.2 Å². The molecule has 0 saturated carbocycles. The highest BCUT2D eigenvalue weighted by molar-refractivity contribution is 6.37. The molecule has 1 heterocycles. The number of esters is 1. The number of carbonyl (C=O) groups excluding carboxylic acids is 1. The van der Waals surface area contributed by atoms with Crippen molar-refractivity contribution in [2.24, 2.45) is 0 Å². The Morgan fingerprint density at radius 2 is 1.96 bits per heavy atom. The van der Waals surface area contributed by atoms with E-state index < -0.39 is 30.6 Å². The van der Waals surface area contributed by atoms with E-state index >= 15 is 0 Å². The smallest absolute Gasteiger partial charge is 0.343 e. The Labute approximate surface area is 142 Å². The fourth-order valence-corrected chi connectivity index (χ4v) is 2.68. The van der Waals surface area contributed by atoms with Gasteiger partial charge in [0.15, 0.2) is 12.0 Å². The number of rotatable bonds is 4. The van der Waals surface area contributed by atoms with Crippen molar-refractivity contribution in [3.05, 3.63) is 27.7 Å². The van der Waals surface area contributed by atoms with Gasteiger partial charge < -0.3 is 29.5 Å². The molecular weight excluding hydrogens is 351 g/mol.